The van der Waals surface area contributed by atoms with Gasteiger partial charge in [-0.1, -0.05) is 39.0 Å². The molecule has 2 aliphatic heterocycles. The largest absolute Gasteiger partial charge is 0.473 e. The van der Waals surface area contributed by atoms with Gasteiger partial charge in [0.1, 0.15) is 5.75 Å². The molecule has 0 aromatic heterocycles. The zero-order chi connectivity index (χ0) is 30.2. The lowest BCUT2D eigenvalue weighted by atomic mass is 9.73. The number of nitrogens with zero attached hydrogens (tertiary/aromatic N) is 2. The Labute approximate surface area is 246 Å². The van der Waals surface area contributed by atoms with Gasteiger partial charge in [-0.2, -0.15) is 13.2 Å². The molecule has 5 rings (SSSR count). The molecule has 1 aromatic carbocycles. The highest BCUT2D eigenvalue weighted by atomic mass is 19.4. The van der Waals surface area contributed by atoms with Crippen molar-refractivity contribution in [1.82, 2.24) is 9.80 Å². The summed E-state index contributed by atoms with van der Waals surface area (Å²) in [6.07, 6.45) is 5.99. The number of carbonyl (C=O) groups is 2. The van der Waals surface area contributed by atoms with E-state index < -0.39 is 17.2 Å². The Bertz CT molecular complexity index is 1240. The van der Waals surface area contributed by atoms with Crippen LogP contribution in [0, 0.1) is 29.1 Å². The molecule has 0 N–H and O–H groups in total. The lowest BCUT2D eigenvalue weighted by molar-refractivity contribution is -0.150. The number of carbonyl (C=O) groups excluding carboxylic acids is 2. The summed E-state index contributed by atoms with van der Waals surface area (Å²) in [6, 6.07) is 3.77. The highest BCUT2D eigenvalue weighted by Gasteiger charge is 2.51. The third-order valence-electron chi connectivity index (χ3n) is 10.1. The standard InChI is InChI=1S/C33H43F3N2O4/c1-5-41-30(39)24-8-6-7-23(15-24)28-12-14-37(18-22(28)4)27-11-13-32(17-27,21(2)3)31(40)38-19-25-16-26(33(34,35)36)9-10-29(25)42-20-38/h6,8-10,15-16,21-23,27-28H,5,7,11-14,17-20H2,1-4H3/t22-,23?,27+,28-,32-/m0/s1. The monoisotopic (exact) mass is 588 g/mol. The first-order chi connectivity index (χ1) is 19.9. The molecule has 1 saturated carbocycles. The van der Waals surface area contributed by atoms with E-state index in [2.05, 4.69) is 37.8 Å². The Morgan fingerprint density at radius 2 is 2.00 bits per heavy atom. The predicted octanol–water partition coefficient (Wildman–Crippen LogP) is 6.60. The number of fused-ring (bicyclic) bond motifs is 1. The van der Waals surface area contributed by atoms with E-state index in [1.807, 2.05) is 13.0 Å². The van der Waals surface area contributed by atoms with Crippen molar-refractivity contribution in [3.63, 3.8) is 0 Å². The van der Waals surface area contributed by atoms with Gasteiger partial charge in [0.2, 0.25) is 5.91 Å². The Hall–Kier alpha value is -2.81. The average molecular weight is 589 g/mol. The number of benzene rings is 1. The summed E-state index contributed by atoms with van der Waals surface area (Å²) in [5, 5.41) is 0. The molecule has 2 fully saturated rings. The van der Waals surface area contributed by atoms with E-state index in [1.165, 1.54) is 6.07 Å². The highest BCUT2D eigenvalue weighted by molar-refractivity contribution is 5.91. The van der Waals surface area contributed by atoms with Gasteiger partial charge in [0.15, 0.2) is 6.73 Å². The number of halogens is 3. The molecule has 1 amide bonds. The fourth-order valence-electron chi connectivity index (χ4n) is 7.71. The maximum atomic E-state index is 14.1. The van der Waals surface area contributed by atoms with Crippen molar-refractivity contribution < 1.29 is 32.2 Å². The number of allylic oxidation sites excluding steroid dienone is 2. The van der Waals surface area contributed by atoms with Gasteiger partial charge in [0.25, 0.3) is 0 Å². The second kappa shape index (κ2) is 12.1. The van der Waals surface area contributed by atoms with Crippen LogP contribution in [0.15, 0.2) is 42.0 Å². The number of amides is 1. The van der Waals surface area contributed by atoms with Crippen LogP contribution in [0.2, 0.25) is 0 Å². The van der Waals surface area contributed by atoms with Crippen molar-refractivity contribution in [1.29, 1.82) is 0 Å². The van der Waals surface area contributed by atoms with E-state index in [0.29, 0.717) is 41.2 Å². The average Bonchev–Trinajstić information content (AvgIpc) is 3.43. The minimum atomic E-state index is -4.45. The SMILES string of the molecule is CCOC(=O)C1=CC([C@H]2CCN([C@@H]3CC[C@@](C(=O)N4COc5ccc(C(F)(F)F)cc5C4)(C(C)C)C3)C[C@@H]2C)CC=C1. The number of piperidine rings is 1. The molecule has 4 aliphatic rings. The third-order valence-corrected chi connectivity index (χ3v) is 10.1. The molecule has 230 valence electrons. The van der Waals surface area contributed by atoms with Crippen LogP contribution in [0.1, 0.15) is 70.9 Å². The predicted molar refractivity (Wildman–Crippen MR) is 153 cm³/mol. The summed E-state index contributed by atoms with van der Waals surface area (Å²) in [6.45, 7) is 10.7. The number of esters is 1. The van der Waals surface area contributed by atoms with Crippen LogP contribution >= 0.6 is 0 Å². The Morgan fingerprint density at radius 1 is 1.21 bits per heavy atom. The minimum absolute atomic E-state index is 0.0170. The number of hydrogen-bond acceptors (Lipinski definition) is 5. The number of likely N-dealkylation sites (tertiary alicyclic amines) is 1. The first-order valence-corrected chi connectivity index (χ1v) is 15.3. The van der Waals surface area contributed by atoms with Crippen LogP contribution in [0.4, 0.5) is 13.2 Å². The molecule has 0 bridgehead atoms. The lowest BCUT2D eigenvalue weighted by Crippen LogP contribution is -2.50. The van der Waals surface area contributed by atoms with E-state index >= 15 is 0 Å². The molecular weight excluding hydrogens is 545 g/mol. The fourth-order valence-corrected chi connectivity index (χ4v) is 7.71. The van der Waals surface area contributed by atoms with E-state index in [1.54, 1.807) is 4.90 Å². The Kier molecular flexibility index (Phi) is 8.80. The molecule has 0 radical (unpaired) electrons. The summed E-state index contributed by atoms with van der Waals surface area (Å²) in [7, 11) is 0. The first-order valence-electron chi connectivity index (χ1n) is 15.3. The second-order valence-corrected chi connectivity index (χ2v) is 12.9. The van der Waals surface area contributed by atoms with Gasteiger partial charge in [-0.25, -0.2) is 4.79 Å². The van der Waals surface area contributed by atoms with Crippen LogP contribution in [0.5, 0.6) is 5.75 Å². The number of ether oxygens (including phenoxy) is 2. The summed E-state index contributed by atoms with van der Waals surface area (Å²) in [5.41, 5.74) is -0.254. The van der Waals surface area contributed by atoms with Gasteiger partial charge < -0.3 is 19.3 Å². The van der Waals surface area contributed by atoms with Crippen LogP contribution < -0.4 is 4.74 Å². The zero-order valence-electron chi connectivity index (χ0n) is 25.1. The van der Waals surface area contributed by atoms with Crippen molar-refractivity contribution in [3.8, 4) is 5.75 Å². The summed E-state index contributed by atoms with van der Waals surface area (Å²) in [4.78, 5) is 30.5. The van der Waals surface area contributed by atoms with Crippen molar-refractivity contribution in [2.75, 3.05) is 26.4 Å². The lowest BCUT2D eigenvalue weighted by Gasteiger charge is -2.44. The van der Waals surface area contributed by atoms with Crippen LogP contribution in [0.3, 0.4) is 0 Å². The quantitative estimate of drug-likeness (QED) is 0.351. The van der Waals surface area contributed by atoms with Crippen molar-refractivity contribution in [2.24, 2.45) is 29.1 Å². The molecule has 2 aliphatic carbocycles. The molecule has 9 heteroatoms. The van der Waals surface area contributed by atoms with Crippen molar-refractivity contribution in [2.45, 2.75) is 78.6 Å². The normalized spacial score (nSPS) is 30.1. The van der Waals surface area contributed by atoms with Gasteiger partial charge >= 0.3 is 12.1 Å². The summed E-state index contributed by atoms with van der Waals surface area (Å²) in [5.74, 6) is 1.45. The van der Waals surface area contributed by atoms with Crippen LogP contribution in [-0.2, 0) is 27.0 Å². The third kappa shape index (κ3) is 5.99. The number of hydrogen-bond donors (Lipinski definition) is 0. The van der Waals surface area contributed by atoms with E-state index in [-0.39, 0.29) is 37.1 Å². The minimum Gasteiger partial charge on any atom is -0.473 e. The summed E-state index contributed by atoms with van der Waals surface area (Å²) >= 11 is 0. The van der Waals surface area contributed by atoms with Crippen LogP contribution in [-0.4, -0.2) is 54.1 Å². The first kappa shape index (κ1) is 30.6. The highest BCUT2D eigenvalue weighted by Crippen LogP contribution is 2.49. The molecule has 1 aromatic rings. The molecule has 1 unspecified atom stereocenters. The van der Waals surface area contributed by atoms with E-state index in [9.17, 15) is 22.8 Å². The topological polar surface area (TPSA) is 59.1 Å². The van der Waals surface area contributed by atoms with E-state index in [0.717, 1.165) is 57.3 Å². The van der Waals surface area contributed by atoms with Crippen molar-refractivity contribution >= 4 is 11.9 Å². The van der Waals surface area contributed by atoms with Gasteiger partial charge in [-0.05, 0) is 87.4 Å². The molecule has 0 spiro atoms. The summed E-state index contributed by atoms with van der Waals surface area (Å²) < 4.78 is 51.0. The Morgan fingerprint density at radius 3 is 2.69 bits per heavy atom. The van der Waals surface area contributed by atoms with Gasteiger partial charge in [0.05, 0.1) is 29.7 Å². The number of alkyl halides is 3. The molecular formula is C33H43F3N2O4. The van der Waals surface area contributed by atoms with Gasteiger partial charge in [0, 0.05) is 18.2 Å². The fraction of sp³-hybridized carbons (Fsp3) is 0.636. The molecule has 5 atom stereocenters. The maximum Gasteiger partial charge on any atom is 0.416 e. The Balaban J connectivity index is 1.24. The van der Waals surface area contributed by atoms with Gasteiger partial charge in [-0.15, -0.1) is 0 Å². The van der Waals surface area contributed by atoms with Gasteiger partial charge in [-0.3, -0.25) is 4.79 Å². The molecule has 42 heavy (non-hydrogen) atoms. The smallest absolute Gasteiger partial charge is 0.416 e. The zero-order valence-corrected chi connectivity index (χ0v) is 25.1. The van der Waals surface area contributed by atoms with Crippen LogP contribution in [0.25, 0.3) is 0 Å². The second-order valence-electron chi connectivity index (χ2n) is 12.9. The van der Waals surface area contributed by atoms with E-state index in [4.69, 9.17) is 9.47 Å². The molecule has 6 nitrogen and oxygen atoms in total. The molecule has 2 heterocycles. The molecule has 1 saturated heterocycles. The van der Waals surface area contributed by atoms with Crippen molar-refractivity contribution in [3.05, 3.63) is 53.1 Å². The maximum absolute atomic E-state index is 14.1. The number of rotatable bonds is 6.